The average Bonchev–Trinajstić information content (AvgIpc) is 2.72. The standard InChI is InChI=1S/C22H23F2N5O2/c1-13-3-4-17-16(7-13)21(29-19-5-6-31-12-22(19,23)24)18(11-27-17)28-20(30)8-15-10-25-14(2)9-26-15/h3-4,7,9-11,19H,5-6,8,12H2,1-2H3,(H,27,29)(H,28,30). The second-order valence-corrected chi connectivity index (χ2v) is 7.74. The Balaban J connectivity index is 1.66. The Morgan fingerprint density at radius 1 is 1.19 bits per heavy atom. The van der Waals surface area contributed by atoms with E-state index in [1.807, 2.05) is 32.0 Å². The van der Waals surface area contributed by atoms with Crippen molar-refractivity contribution in [3.8, 4) is 0 Å². The van der Waals surface area contributed by atoms with Crippen LogP contribution in [-0.2, 0) is 16.0 Å². The fourth-order valence-electron chi connectivity index (χ4n) is 3.50. The fourth-order valence-corrected chi connectivity index (χ4v) is 3.50. The van der Waals surface area contributed by atoms with E-state index in [0.29, 0.717) is 28.0 Å². The molecule has 3 aromatic rings. The van der Waals surface area contributed by atoms with Crippen LogP contribution < -0.4 is 10.6 Å². The quantitative estimate of drug-likeness (QED) is 0.646. The third-order valence-corrected chi connectivity index (χ3v) is 5.15. The van der Waals surface area contributed by atoms with Crippen LogP contribution in [0.4, 0.5) is 20.2 Å². The number of hydrogen-bond donors (Lipinski definition) is 2. The van der Waals surface area contributed by atoms with Gasteiger partial charge in [0, 0.05) is 24.4 Å². The highest BCUT2D eigenvalue weighted by Gasteiger charge is 2.43. The summed E-state index contributed by atoms with van der Waals surface area (Å²) in [6.07, 6.45) is 4.76. The van der Waals surface area contributed by atoms with Gasteiger partial charge in [-0.25, -0.2) is 8.78 Å². The van der Waals surface area contributed by atoms with Crippen molar-refractivity contribution in [1.29, 1.82) is 0 Å². The molecule has 7 nitrogen and oxygen atoms in total. The van der Waals surface area contributed by atoms with Gasteiger partial charge < -0.3 is 15.4 Å². The van der Waals surface area contributed by atoms with Gasteiger partial charge in [-0.1, -0.05) is 11.6 Å². The Morgan fingerprint density at radius 2 is 2.03 bits per heavy atom. The van der Waals surface area contributed by atoms with Gasteiger partial charge in [0.2, 0.25) is 5.91 Å². The van der Waals surface area contributed by atoms with Crippen molar-refractivity contribution in [3.05, 3.63) is 53.7 Å². The van der Waals surface area contributed by atoms with E-state index < -0.39 is 18.6 Å². The number of amides is 1. The molecule has 31 heavy (non-hydrogen) atoms. The van der Waals surface area contributed by atoms with Crippen LogP contribution >= 0.6 is 0 Å². The van der Waals surface area contributed by atoms with Crippen molar-refractivity contribution in [2.45, 2.75) is 38.7 Å². The number of nitrogens with one attached hydrogen (secondary N) is 2. The Kier molecular flexibility index (Phi) is 5.77. The first-order valence-electron chi connectivity index (χ1n) is 10.0. The van der Waals surface area contributed by atoms with Crippen LogP contribution in [0.15, 0.2) is 36.8 Å². The van der Waals surface area contributed by atoms with Crippen LogP contribution in [0.3, 0.4) is 0 Å². The lowest BCUT2D eigenvalue weighted by Gasteiger charge is -2.33. The molecule has 0 bridgehead atoms. The fraction of sp³-hybridized carbons (Fsp3) is 0.364. The van der Waals surface area contributed by atoms with E-state index in [1.165, 1.54) is 6.20 Å². The van der Waals surface area contributed by atoms with Crippen LogP contribution in [0.1, 0.15) is 23.4 Å². The maximum Gasteiger partial charge on any atom is 0.290 e. The largest absolute Gasteiger partial charge is 0.375 e. The Morgan fingerprint density at radius 3 is 2.77 bits per heavy atom. The zero-order chi connectivity index (χ0) is 22.0. The van der Waals surface area contributed by atoms with Gasteiger partial charge in [0.25, 0.3) is 5.92 Å². The summed E-state index contributed by atoms with van der Waals surface area (Å²) in [6.45, 7) is 3.32. The minimum absolute atomic E-state index is 0.00596. The minimum atomic E-state index is -3.03. The number of pyridine rings is 1. The molecule has 1 fully saturated rings. The number of alkyl halides is 2. The highest BCUT2D eigenvalue weighted by atomic mass is 19.3. The number of aryl methyl sites for hydroxylation is 2. The first kappa shape index (κ1) is 21.0. The molecule has 0 radical (unpaired) electrons. The lowest BCUT2D eigenvalue weighted by Crippen LogP contribution is -2.47. The SMILES string of the molecule is Cc1ccc2ncc(NC(=O)Cc3cnc(C)cn3)c(NC3CCOCC3(F)F)c2c1. The molecule has 0 saturated carbocycles. The van der Waals surface area contributed by atoms with Crippen LogP contribution in [0.2, 0.25) is 0 Å². The van der Waals surface area contributed by atoms with Gasteiger partial charge in [0.05, 0.1) is 46.9 Å². The molecular weight excluding hydrogens is 404 g/mol. The van der Waals surface area contributed by atoms with Gasteiger partial charge in [-0.15, -0.1) is 0 Å². The molecule has 1 aliphatic rings. The molecule has 9 heteroatoms. The van der Waals surface area contributed by atoms with Gasteiger partial charge in [-0.05, 0) is 32.4 Å². The number of carbonyl (C=O) groups is 1. The van der Waals surface area contributed by atoms with Crippen molar-refractivity contribution in [2.75, 3.05) is 23.8 Å². The molecule has 4 rings (SSSR count). The summed E-state index contributed by atoms with van der Waals surface area (Å²) in [7, 11) is 0. The Hall–Kier alpha value is -3.20. The number of rotatable bonds is 5. The van der Waals surface area contributed by atoms with E-state index in [1.54, 1.807) is 12.4 Å². The normalized spacial score (nSPS) is 18.0. The van der Waals surface area contributed by atoms with E-state index in [2.05, 4.69) is 25.6 Å². The summed E-state index contributed by atoms with van der Waals surface area (Å²) in [6, 6.07) is 4.47. The van der Waals surface area contributed by atoms with E-state index in [4.69, 9.17) is 4.74 Å². The number of nitrogens with zero attached hydrogens (tertiary/aromatic N) is 3. The number of carbonyl (C=O) groups excluding carboxylic acids is 1. The molecule has 2 aromatic heterocycles. The smallest absolute Gasteiger partial charge is 0.290 e. The molecule has 1 saturated heterocycles. The predicted octanol–water partition coefficient (Wildman–Crippen LogP) is 3.66. The van der Waals surface area contributed by atoms with Gasteiger partial charge in [-0.3, -0.25) is 19.7 Å². The van der Waals surface area contributed by atoms with Gasteiger partial charge in [0.1, 0.15) is 6.61 Å². The zero-order valence-electron chi connectivity index (χ0n) is 17.3. The number of hydrogen-bond acceptors (Lipinski definition) is 6. The third kappa shape index (κ3) is 4.77. The van der Waals surface area contributed by atoms with Crippen molar-refractivity contribution >= 4 is 28.2 Å². The highest BCUT2D eigenvalue weighted by Crippen LogP contribution is 2.35. The highest BCUT2D eigenvalue weighted by molar-refractivity contribution is 6.03. The van der Waals surface area contributed by atoms with Crippen LogP contribution in [0.25, 0.3) is 10.9 Å². The van der Waals surface area contributed by atoms with Gasteiger partial charge >= 0.3 is 0 Å². The topological polar surface area (TPSA) is 89.0 Å². The monoisotopic (exact) mass is 427 g/mol. The molecular formula is C22H23F2N5O2. The summed E-state index contributed by atoms with van der Waals surface area (Å²) >= 11 is 0. The average molecular weight is 427 g/mol. The molecule has 1 unspecified atom stereocenters. The maximum absolute atomic E-state index is 14.4. The predicted molar refractivity (Wildman–Crippen MR) is 113 cm³/mol. The molecule has 1 atom stereocenters. The van der Waals surface area contributed by atoms with E-state index in [0.717, 1.165) is 11.3 Å². The van der Waals surface area contributed by atoms with Crippen molar-refractivity contribution < 1.29 is 18.3 Å². The van der Waals surface area contributed by atoms with E-state index in [9.17, 15) is 13.6 Å². The second-order valence-electron chi connectivity index (χ2n) is 7.74. The maximum atomic E-state index is 14.4. The zero-order valence-corrected chi connectivity index (χ0v) is 17.3. The molecule has 3 heterocycles. The first-order chi connectivity index (χ1) is 14.8. The number of aromatic nitrogens is 3. The number of anilines is 2. The molecule has 0 spiro atoms. The second kappa shape index (κ2) is 8.50. The van der Waals surface area contributed by atoms with Crippen LogP contribution in [0, 0.1) is 13.8 Å². The van der Waals surface area contributed by atoms with E-state index >= 15 is 0 Å². The van der Waals surface area contributed by atoms with Crippen molar-refractivity contribution in [1.82, 2.24) is 15.0 Å². The number of halogens is 2. The first-order valence-corrected chi connectivity index (χ1v) is 10.0. The molecule has 1 aliphatic heterocycles. The van der Waals surface area contributed by atoms with Gasteiger partial charge in [0.15, 0.2) is 0 Å². The Labute approximate surface area is 178 Å². The molecule has 0 aliphatic carbocycles. The minimum Gasteiger partial charge on any atom is -0.375 e. The molecule has 1 amide bonds. The van der Waals surface area contributed by atoms with Crippen LogP contribution in [-0.4, -0.2) is 46.0 Å². The van der Waals surface area contributed by atoms with Crippen molar-refractivity contribution in [3.63, 3.8) is 0 Å². The molecule has 1 aromatic carbocycles. The molecule has 2 N–H and O–H groups in total. The van der Waals surface area contributed by atoms with Gasteiger partial charge in [-0.2, -0.15) is 0 Å². The third-order valence-electron chi connectivity index (χ3n) is 5.15. The summed E-state index contributed by atoms with van der Waals surface area (Å²) in [4.78, 5) is 25.4. The summed E-state index contributed by atoms with van der Waals surface area (Å²) in [5.41, 5.74) is 3.62. The lowest BCUT2D eigenvalue weighted by molar-refractivity contribution is -0.122. The lowest BCUT2D eigenvalue weighted by atomic mass is 10.0. The number of ether oxygens (including phenoxy) is 1. The summed E-state index contributed by atoms with van der Waals surface area (Å²) in [5.74, 6) is -3.37. The molecule has 162 valence electrons. The summed E-state index contributed by atoms with van der Waals surface area (Å²) in [5, 5.41) is 6.43. The van der Waals surface area contributed by atoms with E-state index in [-0.39, 0.29) is 25.4 Å². The number of fused-ring (bicyclic) bond motifs is 1. The Bertz CT molecular complexity index is 1110. The van der Waals surface area contributed by atoms with Crippen molar-refractivity contribution in [2.24, 2.45) is 0 Å². The number of benzene rings is 1. The van der Waals surface area contributed by atoms with Crippen LogP contribution in [0.5, 0.6) is 0 Å². The summed E-state index contributed by atoms with van der Waals surface area (Å²) < 4.78 is 33.8.